The number of H-pyrrole nitrogens is 1. The first kappa shape index (κ1) is 24.9. The molecule has 8 heteroatoms. The number of aliphatic hydroxyl groups excluding tert-OH is 2. The lowest BCUT2D eigenvalue weighted by Crippen LogP contribution is -2.41. The van der Waals surface area contributed by atoms with Gasteiger partial charge in [-0.15, -0.1) is 0 Å². The predicted octanol–water partition coefficient (Wildman–Crippen LogP) is 2.84. The number of hydrogen-bond donors (Lipinski definition) is 4. The van der Waals surface area contributed by atoms with Crippen molar-refractivity contribution in [3.63, 3.8) is 0 Å². The molecule has 4 N–H and O–H groups in total. The number of aromatic amines is 1. The van der Waals surface area contributed by atoms with Gasteiger partial charge in [0.25, 0.3) is 11.5 Å². The van der Waals surface area contributed by atoms with Crippen molar-refractivity contribution in [3.8, 4) is 0 Å². The van der Waals surface area contributed by atoms with Crippen LogP contribution in [0.25, 0.3) is 0 Å². The fraction of sp³-hybridized carbons (Fsp3) is 0.478. The Morgan fingerprint density at radius 1 is 1.26 bits per heavy atom. The molecule has 2 atom stereocenters. The second-order valence-electron chi connectivity index (χ2n) is 7.97. The first-order valence-electron chi connectivity index (χ1n) is 10.4. The van der Waals surface area contributed by atoms with Gasteiger partial charge >= 0.3 is 0 Å². The molecular weight excluding hydrogens is 418 g/mol. The van der Waals surface area contributed by atoms with Gasteiger partial charge in [-0.25, -0.2) is 0 Å². The number of carbonyl (C=O) groups excluding carboxylic acids is 1. The van der Waals surface area contributed by atoms with E-state index in [0.717, 1.165) is 23.4 Å². The predicted molar refractivity (Wildman–Crippen MR) is 124 cm³/mol. The van der Waals surface area contributed by atoms with E-state index in [1.165, 1.54) is 0 Å². The molecule has 1 amide bonds. The van der Waals surface area contributed by atoms with Gasteiger partial charge in [-0.3, -0.25) is 9.59 Å². The number of anilines is 1. The van der Waals surface area contributed by atoms with E-state index in [9.17, 15) is 19.8 Å². The summed E-state index contributed by atoms with van der Waals surface area (Å²) in [4.78, 5) is 29.9. The minimum Gasteiger partial charge on any atom is -0.394 e. The lowest BCUT2D eigenvalue weighted by molar-refractivity contribution is 0.0950. The highest BCUT2D eigenvalue weighted by molar-refractivity contribution is 6.31. The van der Waals surface area contributed by atoms with Crippen LogP contribution in [0.3, 0.4) is 0 Å². The van der Waals surface area contributed by atoms with Crippen LogP contribution in [0.15, 0.2) is 23.0 Å². The van der Waals surface area contributed by atoms with Crippen molar-refractivity contribution >= 4 is 23.2 Å². The number of rotatable bonds is 9. The number of aromatic nitrogens is 1. The maximum Gasteiger partial charge on any atom is 0.253 e. The monoisotopic (exact) mass is 449 g/mol. The zero-order chi connectivity index (χ0) is 23.3. The molecule has 170 valence electrons. The summed E-state index contributed by atoms with van der Waals surface area (Å²) in [7, 11) is 0. The molecule has 1 aromatic heterocycles. The van der Waals surface area contributed by atoms with Crippen molar-refractivity contribution in [3.05, 3.63) is 61.5 Å². The van der Waals surface area contributed by atoms with Crippen LogP contribution in [0.4, 0.5) is 5.69 Å². The summed E-state index contributed by atoms with van der Waals surface area (Å²) in [6, 6.07) is 5.28. The van der Waals surface area contributed by atoms with E-state index in [1.807, 2.05) is 45.6 Å². The lowest BCUT2D eigenvalue weighted by atomic mass is 10.0. The first-order valence-corrected chi connectivity index (χ1v) is 10.8. The second-order valence-corrected chi connectivity index (χ2v) is 8.41. The van der Waals surface area contributed by atoms with Gasteiger partial charge in [0.1, 0.15) is 0 Å². The van der Waals surface area contributed by atoms with Gasteiger partial charge in [0.15, 0.2) is 0 Å². The Balaban J connectivity index is 2.36. The van der Waals surface area contributed by atoms with Crippen molar-refractivity contribution < 1.29 is 15.0 Å². The van der Waals surface area contributed by atoms with Gasteiger partial charge < -0.3 is 25.4 Å². The highest BCUT2D eigenvalue weighted by Gasteiger charge is 2.22. The van der Waals surface area contributed by atoms with Gasteiger partial charge in [-0.2, -0.15) is 0 Å². The van der Waals surface area contributed by atoms with Crippen molar-refractivity contribution in [2.45, 2.75) is 59.7 Å². The molecule has 7 nitrogen and oxygen atoms in total. The maximum absolute atomic E-state index is 13.0. The van der Waals surface area contributed by atoms with Crippen LogP contribution in [0.5, 0.6) is 0 Å². The Kier molecular flexibility index (Phi) is 8.68. The number of halogens is 1. The molecule has 0 aliphatic carbocycles. The first-order chi connectivity index (χ1) is 14.6. The molecule has 0 bridgehead atoms. The second kappa shape index (κ2) is 10.8. The van der Waals surface area contributed by atoms with Crippen LogP contribution < -0.4 is 15.8 Å². The number of nitrogens with zero attached hydrogens (tertiary/aromatic N) is 1. The number of hydrogen-bond acceptors (Lipinski definition) is 5. The van der Waals surface area contributed by atoms with Gasteiger partial charge in [0, 0.05) is 46.7 Å². The maximum atomic E-state index is 13.0. The van der Waals surface area contributed by atoms with E-state index in [2.05, 4.69) is 10.3 Å². The summed E-state index contributed by atoms with van der Waals surface area (Å²) in [6.45, 7) is 9.46. The van der Waals surface area contributed by atoms with Crippen molar-refractivity contribution in [1.29, 1.82) is 0 Å². The highest BCUT2D eigenvalue weighted by Crippen LogP contribution is 2.30. The largest absolute Gasteiger partial charge is 0.394 e. The van der Waals surface area contributed by atoms with Crippen molar-refractivity contribution in [2.75, 3.05) is 18.1 Å². The van der Waals surface area contributed by atoms with Gasteiger partial charge in [0.2, 0.25) is 0 Å². The minimum absolute atomic E-state index is 0.0584. The zero-order valence-electron chi connectivity index (χ0n) is 18.8. The molecule has 0 spiro atoms. The Morgan fingerprint density at radius 2 is 1.94 bits per heavy atom. The Labute approximate surface area is 188 Å². The molecule has 0 aliphatic heterocycles. The molecule has 0 saturated heterocycles. The third kappa shape index (κ3) is 6.09. The standard InChI is InChI=1S/C23H32ClN3O4/c1-6-15(4)27(11-18(29)12-28)21-9-17(24)8-19(16(21)5)22(30)25-10-20-13(2)7-14(3)26-23(20)31/h7-9,15,18,28-29H,6,10-12H2,1-5H3,(H,25,30)(H,26,31). The quantitative estimate of drug-likeness (QED) is 0.471. The Bertz CT molecular complexity index is 990. The van der Waals surface area contributed by atoms with E-state index in [0.29, 0.717) is 21.7 Å². The fourth-order valence-corrected chi connectivity index (χ4v) is 3.80. The molecule has 2 aromatic rings. The molecular formula is C23H32ClN3O4. The third-order valence-electron chi connectivity index (χ3n) is 5.56. The summed E-state index contributed by atoms with van der Waals surface area (Å²) < 4.78 is 0. The molecule has 2 rings (SSSR count). The smallest absolute Gasteiger partial charge is 0.253 e. The van der Waals surface area contributed by atoms with Crippen LogP contribution in [0.2, 0.25) is 5.02 Å². The topological polar surface area (TPSA) is 106 Å². The Morgan fingerprint density at radius 3 is 2.52 bits per heavy atom. The minimum atomic E-state index is -0.916. The zero-order valence-corrected chi connectivity index (χ0v) is 19.5. The molecule has 0 saturated carbocycles. The third-order valence-corrected chi connectivity index (χ3v) is 5.78. The fourth-order valence-electron chi connectivity index (χ4n) is 3.58. The molecule has 2 unspecified atom stereocenters. The van der Waals surface area contributed by atoms with E-state index >= 15 is 0 Å². The van der Waals surface area contributed by atoms with E-state index in [4.69, 9.17) is 11.6 Å². The molecule has 0 radical (unpaired) electrons. The number of aryl methyl sites for hydroxylation is 2. The summed E-state index contributed by atoms with van der Waals surface area (Å²) in [6.07, 6.45) is -0.109. The summed E-state index contributed by atoms with van der Waals surface area (Å²) >= 11 is 6.34. The molecule has 1 heterocycles. The van der Waals surface area contributed by atoms with Gasteiger partial charge in [0.05, 0.1) is 12.7 Å². The summed E-state index contributed by atoms with van der Waals surface area (Å²) in [5.41, 5.74) is 3.70. The van der Waals surface area contributed by atoms with Gasteiger partial charge in [-0.1, -0.05) is 18.5 Å². The van der Waals surface area contributed by atoms with E-state index in [1.54, 1.807) is 12.1 Å². The average molecular weight is 450 g/mol. The van der Waals surface area contributed by atoms with Gasteiger partial charge in [-0.05, 0) is 63.4 Å². The molecule has 1 aromatic carbocycles. The summed E-state index contributed by atoms with van der Waals surface area (Å²) in [5, 5.41) is 22.5. The normalized spacial score (nSPS) is 13.0. The SMILES string of the molecule is CCC(C)N(CC(O)CO)c1cc(Cl)cc(C(=O)NCc2c(C)cc(C)[nH]c2=O)c1C. The average Bonchev–Trinajstić information content (AvgIpc) is 2.71. The summed E-state index contributed by atoms with van der Waals surface area (Å²) in [5.74, 6) is -0.340. The number of pyridine rings is 1. The number of benzene rings is 1. The number of aliphatic hydroxyl groups is 2. The molecule has 0 aliphatic rings. The highest BCUT2D eigenvalue weighted by atomic mass is 35.5. The van der Waals surface area contributed by atoms with Crippen LogP contribution in [0.1, 0.15) is 53.0 Å². The molecule has 31 heavy (non-hydrogen) atoms. The number of amides is 1. The van der Waals surface area contributed by atoms with E-state index in [-0.39, 0.29) is 37.2 Å². The van der Waals surface area contributed by atoms with Crippen LogP contribution in [-0.2, 0) is 6.54 Å². The number of nitrogens with one attached hydrogen (secondary N) is 2. The molecule has 0 fully saturated rings. The number of carbonyl (C=O) groups is 1. The Hall–Kier alpha value is -2.35. The van der Waals surface area contributed by atoms with Crippen molar-refractivity contribution in [1.82, 2.24) is 10.3 Å². The van der Waals surface area contributed by atoms with Crippen molar-refractivity contribution in [2.24, 2.45) is 0 Å². The van der Waals surface area contributed by atoms with E-state index < -0.39 is 6.10 Å². The van der Waals surface area contributed by atoms with Crippen LogP contribution in [0, 0.1) is 20.8 Å². The van der Waals surface area contributed by atoms with Crippen LogP contribution in [-0.4, -0.2) is 46.4 Å². The van der Waals surface area contributed by atoms with Crippen LogP contribution >= 0.6 is 11.6 Å². The lowest BCUT2D eigenvalue weighted by Gasteiger charge is -2.34.